The molecule has 176 valence electrons. The summed E-state index contributed by atoms with van der Waals surface area (Å²) in [5.74, 6) is 2.71. The lowest BCUT2D eigenvalue weighted by Crippen LogP contribution is -2.34. The second-order valence-corrected chi connectivity index (χ2v) is 10.1. The van der Waals surface area contributed by atoms with Crippen LogP contribution in [0.3, 0.4) is 0 Å². The topological polar surface area (TPSA) is 89.5 Å². The van der Waals surface area contributed by atoms with E-state index in [1.54, 1.807) is 19.5 Å². The number of unbranched alkanes of at least 4 members (excludes halogenated alkanes) is 1. The van der Waals surface area contributed by atoms with Crippen molar-refractivity contribution in [1.29, 1.82) is 0 Å². The summed E-state index contributed by atoms with van der Waals surface area (Å²) in [6.45, 7) is 4.04. The number of H-pyrrole nitrogens is 1. The minimum atomic E-state index is -0.353. The Morgan fingerprint density at radius 1 is 1.21 bits per heavy atom. The molecule has 34 heavy (non-hydrogen) atoms. The smallest absolute Gasteiger partial charge is 0.328 e. The number of nitrogens with one attached hydrogen (secondary N) is 1. The summed E-state index contributed by atoms with van der Waals surface area (Å²) >= 11 is 1.41. The second kappa shape index (κ2) is 8.56. The van der Waals surface area contributed by atoms with Crippen LogP contribution in [-0.2, 0) is 6.54 Å². The van der Waals surface area contributed by atoms with Crippen molar-refractivity contribution < 1.29 is 9.47 Å². The predicted molar refractivity (Wildman–Crippen MR) is 132 cm³/mol. The number of likely N-dealkylation sites (tertiary alicyclic amines) is 1. The molecule has 0 unspecified atom stereocenters. The highest BCUT2D eigenvalue weighted by Gasteiger charge is 2.40. The highest BCUT2D eigenvalue weighted by Crippen LogP contribution is 2.46. The van der Waals surface area contributed by atoms with Crippen LogP contribution in [0.1, 0.15) is 24.3 Å². The van der Waals surface area contributed by atoms with Crippen molar-refractivity contribution in [3.05, 3.63) is 63.1 Å². The standard InChI is InChI=1S/C25H26N4O4S/c1-32-18-5-4-6-19-21(18)17-13-28(12-15(17)14-33-19)9-2-3-10-29-24(30)23-22(27-25(29)31)16-11-26-8-7-20(16)34-23/h4-8,11,15,17H,2-3,9-10,12-14H2,1H3,(H,27,31)/t15-,17-/m1/s1. The lowest BCUT2D eigenvalue weighted by Gasteiger charge is -2.29. The molecule has 9 heteroatoms. The monoisotopic (exact) mass is 478 g/mol. The van der Waals surface area contributed by atoms with Crippen molar-refractivity contribution in [2.45, 2.75) is 25.3 Å². The molecule has 2 aliphatic heterocycles. The zero-order valence-electron chi connectivity index (χ0n) is 19.0. The zero-order chi connectivity index (χ0) is 23.2. The summed E-state index contributed by atoms with van der Waals surface area (Å²) in [6, 6.07) is 7.87. The van der Waals surface area contributed by atoms with E-state index in [-0.39, 0.29) is 11.2 Å². The largest absolute Gasteiger partial charge is 0.496 e. The molecule has 0 amide bonds. The van der Waals surface area contributed by atoms with Crippen LogP contribution >= 0.6 is 11.3 Å². The maximum atomic E-state index is 13.0. The maximum absolute atomic E-state index is 13.0. The summed E-state index contributed by atoms with van der Waals surface area (Å²) in [6.07, 6.45) is 5.08. The molecule has 0 bridgehead atoms. The number of hydrogen-bond acceptors (Lipinski definition) is 7. The van der Waals surface area contributed by atoms with Gasteiger partial charge in [-0.2, -0.15) is 0 Å². The Balaban J connectivity index is 1.12. The van der Waals surface area contributed by atoms with Crippen LogP contribution in [0.25, 0.3) is 20.3 Å². The van der Waals surface area contributed by atoms with E-state index in [9.17, 15) is 9.59 Å². The first kappa shape index (κ1) is 21.4. The van der Waals surface area contributed by atoms with E-state index in [2.05, 4.69) is 14.9 Å². The number of thiophene rings is 1. The highest BCUT2D eigenvalue weighted by atomic mass is 32.1. The average Bonchev–Trinajstić information content (AvgIpc) is 3.44. The van der Waals surface area contributed by atoms with Gasteiger partial charge in [0.15, 0.2) is 0 Å². The van der Waals surface area contributed by atoms with Crippen molar-refractivity contribution in [2.75, 3.05) is 33.4 Å². The van der Waals surface area contributed by atoms with E-state index in [0.29, 0.717) is 28.6 Å². The molecule has 6 rings (SSSR count). The number of rotatable bonds is 6. The van der Waals surface area contributed by atoms with Gasteiger partial charge in [0.25, 0.3) is 5.56 Å². The highest BCUT2D eigenvalue weighted by molar-refractivity contribution is 7.25. The van der Waals surface area contributed by atoms with Crippen LogP contribution in [0.15, 0.2) is 46.2 Å². The quantitative estimate of drug-likeness (QED) is 0.428. The lowest BCUT2D eigenvalue weighted by molar-refractivity contribution is 0.209. The molecule has 3 aromatic heterocycles. The van der Waals surface area contributed by atoms with Crippen molar-refractivity contribution >= 4 is 31.6 Å². The van der Waals surface area contributed by atoms with Crippen molar-refractivity contribution in [2.24, 2.45) is 5.92 Å². The van der Waals surface area contributed by atoms with Gasteiger partial charge in [-0.25, -0.2) is 4.79 Å². The first-order valence-corrected chi connectivity index (χ1v) is 12.5. The Morgan fingerprint density at radius 2 is 2.09 bits per heavy atom. The Morgan fingerprint density at radius 3 is 2.97 bits per heavy atom. The summed E-state index contributed by atoms with van der Waals surface area (Å²) in [5, 5.41) is 0.821. The first-order chi connectivity index (χ1) is 16.6. The number of aromatic amines is 1. The fraction of sp³-hybridized carbons (Fsp3) is 0.400. The fourth-order valence-electron chi connectivity index (χ4n) is 5.44. The van der Waals surface area contributed by atoms with E-state index < -0.39 is 0 Å². The van der Waals surface area contributed by atoms with Crippen LogP contribution in [0.5, 0.6) is 11.5 Å². The number of benzene rings is 1. The van der Waals surface area contributed by atoms with Gasteiger partial charge in [0, 0.05) is 59.5 Å². The fourth-order valence-corrected chi connectivity index (χ4v) is 6.52. The molecule has 2 aliphatic rings. The number of nitrogens with zero attached hydrogens (tertiary/aromatic N) is 3. The molecule has 0 spiro atoms. The van der Waals surface area contributed by atoms with Crippen LogP contribution in [0.4, 0.5) is 0 Å². The molecular formula is C25H26N4O4S. The molecule has 0 aliphatic carbocycles. The Labute approximate surface area is 199 Å². The maximum Gasteiger partial charge on any atom is 0.328 e. The Kier molecular flexibility index (Phi) is 5.38. The summed E-state index contributed by atoms with van der Waals surface area (Å²) in [5.41, 5.74) is 1.22. The molecule has 1 aromatic carbocycles. The van der Waals surface area contributed by atoms with Gasteiger partial charge in [-0.05, 0) is 37.6 Å². The van der Waals surface area contributed by atoms with Gasteiger partial charge in [-0.1, -0.05) is 6.07 Å². The molecule has 5 heterocycles. The van der Waals surface area contributed by atoms with E-state index in [1.807, 2.05) is 24.3 Å². The summed E-state index contributed by atoms with van der Waals surface area (Å²) < 4.78 is 14.5. The normalized spacial score (nSPS) is 19.8. The number of aromatic nitrogens is 3. The Bertz CT molecular complexity index is 1480. The third-order valence-corrected chi connectivity index (χ3v) is 8.26. The zero-order valence-corrected chi connectivity index (χ0v) is 19.8. The summed E-state index contributed by atoms with van der Waals surface area (Å²) in [7, 11) is 1.71. The molecule has 8 nitrogen and oxygen atoms in total. The third-order valence-electron chi connectivity index (χ3n) is 7.10. The molecule has 1 fully saturated rings. The van der Waals surface area contributed by atoms with Gasteiger partial charge in [0.05, 0.1) is 19.2 Å². The van der Waals surface area contributed by atoms with Gasteiger partial charge >= 0.3 is 5.69 Å². The third kappa shape index (κ3) is 3.50. The Hall–Kier alpha value is -3.17. The summed E-state index contributed by atoms with van der Waals surface area (Å²) in [4.78, 5) is 35.2. The van der Waals surface area contributed by atoms with E-state index >= 15 is 0 Å². The minimum absolute atomic E-state index is 0.215. The van der Waals surface area contributed by atoms with Gasteiger partial charge in [-0.15, -0.1) is 11.3 Å². The van der Waals surface area contributed by atoms with Crippen molar-refractivity contribution in [3.63, 3.8) is 0 Å². The van der Waals surface area contributed by atoms with Crippen LogP contribution in [-0.4, -0.2) is 52.8 Å². The van der Waals surface area contributed by atoms with Crippen LogP contribution < -0.4 is 20.7 Å². The van der Waals surface area contributed by atoms with Gasteiger partial charge in [0.1, 0.15) is 16.2 Å². The molecule has 0 saturated carbocycles. The number of hydrogen-bond donors (Lipinski definition) is 1. The number of pyridine rings is 1. The minimum Gasteiger partial charge on any atom is -0.496 e. The molecule has 2 atom stereocenters. The SMILES string of the molecule is COc1cccc2c1[C@@H]1CN(CCCCn3c(=O)[nH]c4c(sc5ccncc54)c3=O)C[C@@H]1CO2. The van der Waals surface area contributed by atoms with Crippen LogP contribution in [0.2, 0.25) is 0 Å². The van der Waals surface area contributed by atoms with E-state index in [1.165, 1.54) is 21.5 Å². The first-order valence-electron chi connectivity index (χ1n) is 11.7. The van der Waals surface area contributed by atoms with Crippen molar-refractivity contribution in [3.8, 4) is 11.5 Å². The predicted octanol–water partition coefficient (Wildman–Crippen LogP) is 3.20. The molecule has 1 saturated heterocycles. The van der Waals surface area contributed by atoms with Gasteiger partial charge in [-0.3, -0.25) is 14.3 Å². The van der Waals surface area contributed by atoms with Gasteiger partial charge in [0.2, 0.25) is 0 Å². The van der Waals surface area contributed by atoms with Gasteiger partial charge < -0.3 is 19.4 Å². The molecule has 1 N–H and O–H groups in total. The van der Waals surface area contributed by atoms with E-state index in [4.69, 9.17) is 9.47 Å². The van der Waals surface area contributed by atoms with Crippen molar-refractivity contribution in [1.82, 2.24) is 19.4 Å². The lowest BCUT2D eigenvalue weighted by atomic mass is 9.86. The average molecular weight is 479 g/mol. The molecular weight excluding hydrogens is 452 g/mol. The molecule has 0 radical (unpaired) electrons. The van der Waals surface area contributed by atoms with E-state index in [0.717, 1.165) is 60.7 Å². The second-order valence-electron chi connectivity index (χ2n) is 9.08. The number of fused-ring (bicyclic) bond motifs is 6. The number of ether oxygens (including phenoxy) is 2. The molecule has 4 aromatic rings. The number of methoxy groups -OCH3 is 1. The van der Waals surface area contributed by atoms with Crippen LogP contribution in [0, 0.1) is 5.92 Å².